The highest BCUT2D eigenvalue weighted by Crippen LogP contribution is 2.21. The largest absolute Gasteiger partial charge is 0.480 e. The number of aryl methyl sites for hydroxylation is 1. The van der Waals surface area contributed by atoms with Crippen molar-refractivity contribution in [3.8, 4) is 0 Å². The number of ether oxygens (including phenoxy) is 1. The van der Waals surface area contributed by atoms with Crippen LogP contribution in [0.5, 0.6) is 0 Å². The van der Waals surface area contributed by atoms with Gasteiger partial charge in [0.2, 0.25) is 11.8 Å². The van der Waals surface area contributed by atoms with Crippen molar-refractivity contribution in [2.75, 3.05) is 0 Å². The van der Waals surface area contributed by atoms with Crippen LogP contribution in [0.4, 0.5) is 0 Å². The molecule has 0 saturated carbocycles. The number of carboxylic acids is 1. The monoisotopic (exact) mass is 418 g/mol. The van der Waals surface area contributed by atoms with Crippen LogP contribution >= 0.6 is 0 Å². The smallest absolute Gasteiger partial charge is 0.326 e. The fraction of sp³-hybridized carbons (Fsp3) is 0.545. The lowest BCUT2D eigenvalue weighted by Crippen LogP contribution is -2.54. The summed E-state index contributed by atoms with van der Waals surface area (Å²) in [5, 5.41) is 12.3. The molecule has 1 aliphatic heterocycles. The molecule has 8 nitrogen and oxygen atoms in total. The molecule has 2 amide bonds. The molecule has 0 aromatic heterocycles. The number of hydrogen-bond acceptors (Lipinski definition) is 6. The molecule has 30 heavy (non-hydrogen) atoms. The summed E-state index contributed by atoms with van der Waals surface area (Å²) in [5.74, 6) is -2.88. The van der Waals surface area contributed by atoms with E-state index in [4.69, 9.17) is 4.74 Å². The van der Waals surface area contributed by atoms with Crippen molar-refractivity contribution in [3.05, 3.63) is 35.9 Å². The van der Waals surface area contributed by atoms with E-state index in [0.717, 1.165) is 10.5 Å². The minimum atomic E-state index is -1.21. The van der Waals surface area contributed by atoms with Crippen molar-refractivity contribution in [1.82, 2.24) is 10.2 Å². The molecule has 8 heteroatoms. The third-order valence-electron chi connectivity index (χ3n) is 4.81. The fourth-order valence-corrected chi connectivity index (χ4v) is 3.37. The first-order valence-corrected chi connectivity index (χ1v) is 10.1. The molecule has 2 rings (SSSR count). The highest BCUT2D eigenvalue weighted by atomic mass is 16.6. The summed E-state index contributed by atoms with van der Waals surface area (Å²) in [6.45, 7) is 6.79. The maximum atomic E-state index is 12.8. The van der Waals surface area contributed by atoms with Crippen LogP contribution in [0.25, 0.3) is 0 Å². The summed E-state index contributed by atoms with van der Waals surface area (Å²) < 4.78 is 5.49. The first-order chi connectivity index (χ1) is 14.0. The van der Waals surface area contributed by atoms with Crippen molar-refractivity contribution >= 4 is 23.8 Å². The van der Waals surface area contributed by atoms with Gasteiger partial charge in [-0.2, -0.15) is 0 Å². The number of aliphatic carboxylic acids is 1. The summed E-state index contributed by atoms with van der Waals surface area (Å²) in [7, 11) is 0. The molecule has 164 valence electrons. The van der Waals surface area contributed by atoms with E-state index in [1.807, 2.05) is 30.3 Å². The molecule has 1 saturated heterocycles. The molecule has 2 unspecified atom stereocenters. The summed E-state index contributed by atoms with van der Waals surface area (Å²) in [6, 6.07) is 6.72. The zero-order valence-corrected chi connectivity index (χ0v) is 17.9. The second kappa shape index (κ2) is 9.84. The Morgan fingerprint density at radius 3 is 2.43 bits per heavy atom. The van der Waals surface area contributed by atoms with Crippen molar-refractivity contribution in [1.29, 1.82) is 0 Å². The van der Waals surface area contributed by atoms with Crippen LogP contribution in [0.2, 0.25) is 0 Å². The molecular formula is C22H30N2O6. The van der Waals surface area contributed by atoms with Crippen LogP contribution in [0.15, 0.2) is 30.3 Å². The second-order valence-corrected chi connectivity index (χ2v) is 8.49. The molecule has 1 aromatic carbocycles. The number of hydrogen-bond donors (Lipinski definition) is 2. The van der Waals surface area contributed by atoms with Crippen molar-refractivity contribution in [2.24, 2.45) is 0 Å². The van der Waals surface area contributed by atoms with E-state index in [1.165, 1.54) is 6.92 Å². The molecular weight excluding hydrogens is 388 g/mol. The Balaban J connectivity index is 2.12. The van der Waals surface area contributed by atoms with Gasteiger partial charge < -0.3 is 9.84 Å². The first kappa shape index (κ1) is 23.5. The normalized spacial score (nSPS) is 18.7. The summed E-state index contributed by atoms with van der Waals surface area (Å²) >= 11 is 0. The lowest BCUT2D eigenvalue weighted by atomic mass is 10.0. The van der Waals surface area contributed by atoms with Crippen LogP contribution in [0, 0.1) is 0 Å². The molecule has 0 radical (unpaired) electrons. The predicted octanol–water partition coefficient (Wildman–Crippen LogP) is 1.91. The topological polar surface area (TPSA) is 113 Å². The van der Waals surface area contributed by atoms with Gasteiger partial charge in [-0.3, -0.25) is 24.6 Å². The highest BCUT2D eigenvalue weighted by molar-refractivity contribution is 6.03. The number of carbonyl (C=O) groups excluding carboxylic acids is 3. The number of nitrogens with one attached hydrogen (secondary N) is 1. The van der Waals surface area contributed by atoms with E-state index in [0.29, 0.717) is 12.8 Å². The van der Waals surface area contributed by atoms with Crippen molar-refractivity contribution in [3.63, 3.8) is 0 Å². The lowest BCUT2D eigenvalue weighted by molar-refractivity contribution is -0.159. The van der Waals surface area contributed by atoms with Crippen LogP contribution < -0.4 is 5.32 Å². The maximum absolute atomic E-state index is 12.8. The third-order valence-corrected chi connectivity index (χ3v) is 4.81. The Hall–Kier alpha value is -2.74. The molecule has 1 heterocycles. The Morgan fingerprint density at radius 2 is 1.87 bits per heavy atom. The quantitative estimate of drug-likeness (QED) is 0.620. The summed E-state index contributed by atoms with van der Waals surface area (Å²) in [5.41, 5.74) is 0.337. The van der Waals surface area contributed by atoms with E-state index >= 15 is 0 Å². The maximum Gasteiger partial charge on any atom is 0.326 e. The molecule has 0 spiro atoms. The SMILES string of the molecule is CC(NC(CCc1ccccc1)C(=O)OC(C)(C)C)C(=O)N1C(=O)CC[C@H]1C(=O)O. The number of nitrogens with zero attached hydrogens (tertiary/aromatic N) is 1. The van der Waals surface area contributed by atoms with Gasteiger partial charge in [0.15, 0.2) is 0 Å². The molecule has 2 N–H and O–H groups in total. The number of likely N-dealkylation sites (tertiary alicyclic amines) is 1. The van der Waals surface area contributed by atoms with E-state index in [2.05, 4.69) is 5.32 Å². The third kappa shape index (κ3) is 6.38. The van der Waals surface area contributed by atoms with Gasteiger partial charge >= 0.3 is 11.9 Å². The van der Waals surface area contributed by atoms with Gasteiger partial charge in [-0.1, -0.05) is 30.3 Å². The molecule has 0 bridgehead atoms. The Labute approximate surface area is 176 Å². The lowest BCUT2D eigenvalue weighted by Gasteiger charge is -2.28. The zero-order valence-electron chi connectivity index (χ0n) is 17.9. The van der Waals surface area contributed by atoms with E-state index < -0.39 is 47.5 Å². The molecule has 1 aromatic rings. The van der Waals surface area contributed by atoms with Crippen LogP contribution in [0.1, 0.15) is 52.5 Å². The van der Waals surface area contributed by atoms with Gasteiger partial charge in [0.1, 0.15) is 17.7 Å². The van der Waals surface area contributed by atoms with Crippen LogP contribution in [0.3, 0.4) is 0 Å². The Bertz CT molecular complexity index is 787. The average molecular weight is 418 g/mol. The van der Waals surface area contributed by atoms with Gasteiger partial charge in [-0.15, -0.1) is 0 Å². The highest BCUT2D eigenvalue weighted by Gasteiger charge is 2.42. The van der Waals surface area contributed by atoms with Crippen molar-refractivity contribution < 1.29 is 29.0 Å². The number of carbonyl (C=O) groups is 4. The molecule has 3 atom stereocenters. The standard InChI is InChI=1S/C22H30N2O6/c1-14(19(26)24-17(20(27)28)12-13-18(24)25)23-16(21(29)30-22(2,3)4)11-10-15-8-6-5-7-9-15/h5-9,14,16-17,23H,10-13H2,1-4H3,(H,27,28)/t14?,16?,17-/m0/s1. The van der Waals surface area contributed by atoms with Gasteiger partial charge in [-0.25, -0.2) is 4.79 Å². The number of rotatable bonds is 8. The minimum absolute atomic E-state index is 0.0128. The van der Waals surface area contributed by atoms with Gasteiger partial charge in [-0.05, 0) is 52.5 Å². The molecule has 0 aliphatic carbocycles. The van der Waals surface area contributed by atoms with Crippen molar-refractivity contribution in [2.45, 2.75) is 77.1 Å². The number of benzene rings is 1. The average Bonchev–Trinajstić information content (AvgIpc) is 3.05. The number of amides is 2. The van der Waals surface area contributed by atoms with Crippen LogP contribution in [-0.4, -0.2) is 57.5 Å². The molecule has 1 aliphatic rings. The summed E-state index contributed by atoms with van der Waals surface area (Å²) in [4.78, 5) is 49.8. The molecule has 1 fully saturated rings. The van der Waals surface area contributed by atoms with E-state index in [9.17, 15) is 24.3 Å². The van der Waals surface area contributed by atoms with Gasteiger partial charge in [0, 0.05) is 6.42 Å². The Morgan fingerprint density at radius 1 is 1.23 bits per heavy atom. The number of carboxylic acid groups (broad SMARTS) is 1. The first-order valence-electron chi connectivity index (χ1n) is 10.1. The minimum Gasteiger partial charge on any atom is -0.480 e. The number of imide groups is 1. The predicted molar refractivity (Wildman–Crippen MR) is 110 cm³/mol. The van der Waals surface area contributed by atoms with Crippen LogP contribution in [-0.2, 0) is 30.3 Å². The fourth-order valence-electron chi connectivity index (χ4n) is 3.37. The van der Waals surface area contributed by atoms with Gasteiger partial charge in [0.25, 0.3) is 0 Å². The Kier molecular flexibility index (Phi) is 7.72. The number of esters is 1. The van der Waals surface area contributed by atoms with Gasteiger partial charge in [0.05, 0.1) is 6.04 Å². The summed E-state index contributed by atoms with van der Waals surface area (Å²) in [6.07, 6.45) is 1.07. The van der Waals surface area contributed by atoms with E-state index in [1.54, 1.807) is 20.8 Å². The second-order valence-electron chi connectivity index (χ2n) is 8.49. The van der Waals surface area contributed by atoms with E-state index in [-0.39, 0.29) is 12.8 Å². The zero-order chi connectivity index (χ0) is 22.5.